The summed E-state index contributed by atoms with van der Waals surface area (Å²) in [5.41, 5.74) is 0. The van der Waals surface area contributed by atoms with Gasteiger partial charge in [0.25, 0.3) is 0 Å². The molecule has 3 aliphatic carbocycles. The smallest absolute Gasteiger partial charge is 1.00 e. The van der Waals surface area contributed by atoms with Crippen molar-refractivity contribution in [2.75, 3.05) is 0 Å². The van der Waals surface area contributed by atoms with E-state index in [4.69, 9.17) is 0 Å². The first kappa shape index (κ1) is 17.2. The van der Waals surface area contributed by atoms with Gasteiger partial charge in [-0.25, -0.2) is 0 Å². The molecule has 3 fully saturated rings. The standard InChI is InChI=1S/C18H33Ge.ClH/c1-4-10-16(11-5-1)19(17-12-6-2-7-13-17)18-14-8-3-9-15-18;/h16-18H,1-15H2;1H/q+1;/p-1. The van der Waals surface area contributed by atoms with Crippen LogP contribution < -0.4 is 12.4 Å². The van der Waals surface area contributed by atoms with Crippen LogP contribution in [0.3, 0.4) is 0 Å². The van der Waals surface area contributed by atoms with E-state index in [2.05, 4.69) is 0 Å². The Morgan fingerprint density at radius 3 is 0.900 bits per heavy atom. The van der Waals surface area contributed by atoms with Crippen molar-refractivity contribution in [2.45, 2.75) is 111 Å². The fraction of sp³-hybridized carbons (Fsp3) is 1.00. The zero-order valence-corrected chi connectivity index (χ0v) is 16.1. The largest absolute Gasteiger partial charge is 1.00 e. The molecule has 0 spiro atoms. The molecule has 0 atom stereocenters. The molecule has 0 bridgehead atoms. The van der Waals surface area contributed by atoms with E-state index in [0.717, 1.165) is 0 Å². The maximum absolute atomic E-state index is 1.66. The van der Waals surface area contributed by atoms with Crippen molar-refractivity contribution < 1.29 is 12.4 Å². The van der Waals surface area contributed by atoms with Gasteiger partial charge in [0.15, 0.2) is 0 Å². The minimum Gasteiger partial charge on any atom is -1.00 e. The average Bonchev–Trinajstić information content (AvgIpc) is 2.51. The van der Waals surface area contributed by atoms with Crippen molar-refractivity contribution in [3.63, 3.8) is 0 Å². The van der Waals surface area contributed by atoms with E-state index in [-0.39, 0.29) is 12.4 Å². The molecule has 0 saturated heterocycles. The molecule has 0 aromatic rings. The SMILES string of the molecule is C1CC[CH]([Ge+]([CH]2CCCCC2)[CH]2CCCCC2)CC1.[Cl-]. The van der Waals surface area contributed by atoms with Crippen molar-refractivity contribution in [1.29, 1.82) is 0 Å². The summed E-state index contributed by atoms with van der Waals surface area (Å²) in [4.78, 5) is 0. The summed E-state index contributed by atoms with van der Waals surface area (Å²) in [6.07, 6.45) is 24.1. The van der Waals surface area contributed by atoms with Crippen molar-refractivity contribution in [3.05, 3.63) is 0 Å². The van der Waals surface area contributed by atoms with Gasteiger partial charge in [-0.05, 0) is 0 Å². The Kier molecular flexibility index (Phi) is 7.80. The van der Waals surface area contributed by atoms with Gasteiger partial charge in [0.2, 0.25) is 0 Å². The molecule has 0 N–H and O–H groups in total. The normalized spacial score (nSPS) is 27.0. The van der Waals surface area contributed by atoms with Crippen LogP contribution in [0.1, 0.15) is 96.3 Å². The molecule has 0 amide bonds. The summed E-state index contributed by atoms with van der Waals surface area (Å²) >= 11 is -0.801. The molecular formula is C18H33ClGe. The summed E-state index contributed by atoms with van der Waals surface area (Å²) < 4.78 is 3.87. The second kappa shape index (κ2) is 9.08. The van der Waals surface area contributed by atoms with Crippen LogP contribution in [0.2, 0.25) is 14.3 Å². The molecule has 3 aliphatic rings. The molecule has 3 rings (SSSR count). The molecular weight excluding hydrogens is 324 g/mol. The van der Waals surface area contributed by atoms with E-state index in [9.17, 15) is 0 Å². The third kappa shape index (κ3) is 4.41. The summed E-state index contributed by atoms with van der Waals surface area (Å²) in [7, 11) is 0. The first-order valence-electron chi connectivity index (χ1n) is 9.32. The molecule has 0 aromatic heterocycles. The Morgan fingerprint density at radius 1 is 0.400 bits per heavy atom. The van der Waals surface area contributed by atoms with Crippen LogP contribution in [0, 0.1) is 0 Å². The maximum Gasteiger partial charge on any atom is -1.00 e. The van der Waals surface area contributed by atoms with Crippen molar-refractivity contribution in [3.8, 4) is 0 Å². The van der Waals surface area contributed by atoms with Crippen LogP contribution in [0.4, 0.5) is 0 Å². The summed E-state index contributed by atoms with van der Waals surface area (Å²) in [5.74, 6) is 0. The summed E-state index contributed by atoms with van der Waals surface area (Å²) in [6.45, 7) is 0. The zero-order chi connectivity index (χ0) is 12.9. The minimum absolute atomic E-state index is 0. The molecule has 2 heteroatoms. The molecule has 0 aromatic carbocycles. The monoisotopic (exact) mass is 358 g/mol. The van der Waals surface area contributed by atoms with Crippen LogP contribution >= 0.6 is 0 Å². The number of halogens is 1. The number of hydrogen-bond donors (Lipinski definition) is 0. The second-order valence-electron chi connectivity index (χ2n) is 7.50. The van der Waals surface area contributed by atoms with E-state index in [1.54, 1.807) is 96.3 Å². The van der Waals surface area contributed by atoms with E-state index in [1.807, 2.05) is 0 Å². The van der Waals surface area contributed by atoms with E-state index >= 15 is 0 Å². The predicted molar refractivity (Wildman–Crippen MR) is 86.3 cm³/mol. The molecule has 116 valence electrons. The number of hydrogen-bond acceptors (Lipinski definition) is 0. The van der Waals surface area contributed by atoms with Crippen molar-refractivity contribution in [1.82, 2.24) is 0 Å². The molecule has 0 radical (unpaired) electrons. The van der Waals surface area contributed by atoms with E-state index in [1.165, 1.54) is 14.3 Å². The predicted octanol–water partition coefficient (Wildman–Crippen LogP) is 3.49. The summed E-state index contributed by atoms with van der Waals surface area (Å²) in [5, 5.41) is 0. The van der Waals surface area contributed by atoms with E-state index in [0.29, 0.717) is 0 Å². The van der Waals surface area contributed by atoms with Gasteiger partial charge < -0.3 is 12.4 Å². The van der Waals surface area contributed by atoms with Crippen LogP contribution in [-0.2, 0) is 0 Å². The summed E-state index contributed by atoms with van der Waals surface area (Å²) in [6, 6.07) is 0. The Hall–Kier alpha value is 0.833. The average molecular weight is 358 g/mol. The van der Waals surface area contributed by atoms with Gasteiger partial charge >= 0.3 is 125 Å². The van der Waals surface area contributed by atoms with Gasteiger partial charge in [-0.15, -0.1) is 0 Å². The fourth-order valence-corrected chi connectivity index (χ4v) is 16.3. The molecule has 0 unspecified atom stereocenters. The Morgan fingerprint density at radius 2 is 0.650 bits per heavy atom. The first-order chi connectivity index (χ1) is 9.45. The minimum atomic E-state index is -0.801. The second-order valence-corrected chi connectivity index (χ2v) is 14.7. The number of rotatable bonds is 3. The van der Waals surface area contributed by atoms with Gasteiger partial charge in [0.1, 0.15) is 0 Å². The third-order valence-electron chi connectivity index (χ3n) is 6.23. The van der Waals surface area contributed by atoms with Crippen LogP contribution in [0.15, 0.2) is 0 Å². The molecule has 0 heterocycles. The quantitative estimate of drug-likeness (QED) is 0.679. The Bertz CT molecular complexity index is 207. The van der Waals surface area contributed by atoms with E-state index < -0.39 is 14.3 Å². The van der Waals surface area contributed by atoms with Crippen molar-refractivity contribution in [2.24, 2.45) is 0 Å². The van der Waals surface area contributed by atoms with Crippen LogP contribution in [0.25, 0.3) is 0 Å². The maximum atomic E-state index is 1.66. The first-order valence-corrected chi connectivity index (χ1v) is 12.9. The fourth-order valence-electron chi connectivity index (χ4n) is 5.31. The molecule has 3 saturated carbocycles. The molecule has 0 nitrogen and oxygen atoms in total. The van der Waals surface area contributed by atoms with Gasteiger partial charge in [-0.1, -0.05) is 0 Å². The topological polar surface area (TPSA) is 0 Å². The van der Waals surface area contributed by atoms with Gasteiger partial charge in [0, 0.05) is 0 Å². The van der Waals surface area contributed by atoms with Gasteiger partial charge in [0.05, 0.1) is 0 Å². The molecule has 0 aliphatic heterocycles. The molecule has 20 heavy (non-hydrogen) atoms. The third-order valence-corrected chi connectivity index (χ3v) is 15.8. The van der Waals surface area contributed by atoms with Crippen LogP contribution in [-0.4, -0.2) is 14.3 Å². The van der Waals surface area contributed by atoms with Gasteiger partial charge in [-0.2, -0.15) is 0 Å². The van der Waals surface area contributed by atoms with Crippen molar-refractivity contribution >= 4 is 14.3 Å². The Labute approximate surface area is 137 Å². The van der Waals surface area contributed by atoms with Gasteiger partial charge in [-0.3, -0.25) is 0 Å². The Balaban J connectivity index is 0.00000147. The zero-order valence-electron chi connectivity index (χ0n) is 13.2. The van der Waals surface area contributed by atoms with Crippen LogP contribution in [0.5, 0.6) is 0 Å².